The summed E-state index contributed by atoms with van der Waals surface area (Å²) >= 11 is 0. The van der Waals surface area contributed by atoms with Gasteiger partial charge in [0.25, 0.3) is 0 Å². The van der Waals surface area contributed by atoms with E-state index in [4.69, 9.17) is 4.74 Å². The molecule has 66 valence electrons. The van der Waals surface area contributed by atoms with Gasteiger partial charge in [0.1, 0.15) is 0 Å². The van der Waals surface area contributed by atoms with E-state index in [1.807, 2.05) is 13.8 Å². The molecule has 1 fully saturated rings. The maximum absolute atomic E-state index is 10.7. The number of allylic oxidation sites excluding steroid dienone is 1. The van der Waals surface area contributed by atoms with Crippen molar-refractivity contribution < 1.29 is 14.3 Å². The van der Waals surface area contributed by atoms with Gasteiger partial charge < -0.3 is 4.74 Å². The number of rotatable bonds is 2. The van der Waals surface area contributed by atoms with Crippen molar-refractivity contribution in [1.29, 1.82) is 0 Å². The Morgan fingerprint density at radius 2 is 1.92 bits per heavy atom. The molecular formula is C8H11NO3. The molecule has 4 nitrogen and oxygen atoms in total. The summed E-state index contributed by atoms with van der Waals surface area (Å²) in [4.78, 5) is 21.4. The predicted octanol–water partition coefficient (Wildman–Crippen LogP) is 0.691. The van der Waals surface area contributed by atoms with Crippen LogP contribution in [0.3, 0.4) is 0 Å². The molecule has 0 aromatic carbocycles. The third-order valence-electron chi connectivity index (χ3n) is 1.78. The fraction of sp³-hybridized carbons (Fsp3) is 0.500. The van der Waals surface area contributed by atoms with Crippen molar-refractivity contribution in [3.8, 4) is 0 Å². The molecule has 1 heterocycles. The van der Waals surface area contributed by atoms with Crippen molar-refractivity contribution in [3.05, 3.63) is 11.5 Å². The van der Waals surface area contributed by atoms with Crippen molar-refractivity contribution in [1.82, 2.24) is 5.32 Å². The van der Waals surface area contributed by atoms with Gasteiger partial charge in [-0.15, -0.1) is 0 Å². The normalized spacial score (nSPS) is 16.0. The van der Waals surface area contributed by atoms with Gasteiger partial charge in [-0.3, -0.25) is 10.1 Å². The van der Waals surface area contributed by atoms with Gasteiger partial charge in [-0.05, 0) is 18.4 Å². The highest BCUT2D eigenvalue weighted by Crippen LogP contribution is 2.15. The molecule has 4 heteroatoms. The average Bonchev–Trinajstić information content (AvgIpc) is 2.35. The largest absolute Gasteiger partial charge is 0.403 e. The first-order valence-corrected chi connectivity index (χ1v) is 3.94. The van der Waals surface area contributed by atoms with Crippen molar-refractivity contribution in [3.63, 3.8) is 0 Å². The van der Waals surface area contributed by atoms with Crippen LogP contribution in [0, 0.1) is 0 Å². The molecule has 1 aliphatic rings. The summed E-state index contributed by atoms with van der Waals surface area (Å²) in [6.07, 6.45) is 1.55. The molecule has 0 atom stereocenters. The van der Waals surface area contributed by atoms with E-state index in [0.29, 0.717) is 5.88 Å². The van der Waals surface area contributed by atoms with Crippen LogP contribution in [0.2, 0.25) is 0 Å². The maximum atomic E-state index is 10.7. The molecule has 0 aliphatic carbocycles. The Morgan fingerprint density at radius 3 is 2.25 bits per heavy atom. The van der Waals surface area contributed by atoms with Gasteiger partial charge in [-0.25, -0.2) is 4.79 Å². The molecule has 0 aromatic heterocycles. The summed E-state index contributed by atoms with van der Waals surface area (Å²) in [5.74, 6) is -1.16. The first-order chi connectivity index (χ1) is 5.69. The highest BCUT2D eigenvalue weighted by atomic mass is 16.6. The van der Waals surface area contributed by atoms with Gasteiger partial charge in [-0.2, -0.15) is 0 Å². The van der Waals surface area contributed by atoms with E-state index in [9.17, 15) is 9.59 Å². The van der Waals surface area contributed by atoms with Crippen LogP contribution < -0.4 is 5.32 Å². The van der Waals surface area contributed by atoms with Crippen LogP contribution in [0.5, 0.6) is 0 Å². The van der Waals surface area contributed by atoms with Crippen LogP contribution in [-0.2, 0) is 14.3 Å². The third-order valence-corrected chi connectivity index (χ3v) is 1.78. The predicted molar refractivity (Wildman–Crippen MR) is 41.8 cm³/mol. The Balaban J connectivity index is 2.84. The molecule has 0 aromatic rings. The van der Waals surface area contributed by atoms with Crippen LogP contribution in [0.4, 0.5) is 0 Å². The van der Waals surface area contributed by atoms with E-state index >= 15 is 0 Å². The summed E-state index contributed by atoms with van der Waals surface area (Å²) in [7, 11) is 0. The van der Waals surface area contributed by atoms with Gasteiger partial charge in [0.2, 0.25) is 5.88 Å². The molecule has 0 unspecified atom stereocenters. The SMILES string of the molecule is CCC(CC)=C1NC(=O)C(=O)O1. The minimum atomic E-state index is -0.815. The highest BCUT2D eigenvalue weighted by molar-refractivity contribution is 6.35. The summed E-state index contributed by atoms with van der Waals surface area (Å²) < 4.78 is 4.70. The molecule has 12 heavy (non-hydrogen) atoms. The van der Waals surface area contributed by atoms with E-state index in [0.717, 1.165) is 18.4 Å². The molecule has 0 spiro atoms. The number of hydrogen-bond acceptors (Lipinski definition) is 3. The number of carbonyl (C=O) groups is 2. The third kappa shape index (κ3) is 1.47. The van der Waals surface area contributed by atoms with E-state index in [-0.39, 0.29) is 0 Å². The van der Waals surface area contributed by atoms with Crippen molar-refractivity contribution in [2.45, 2.75) is 26.7 Å². The number of hydrogen-bond donors (Lipinski definition) is 1. The second-order valence-corrected chi connectivity index (χ2v) is 2.48. The first kappa shape index (κ1) is 8.77. The quantitative estimate of drug-likeness (QED) is 0.488. The van der Waals surface area contributed by atoms with Crippen LogP contribution in [0.15, 0.2) is 11.5 Å². The molecule has 1 rings (SSSR count). The zero-order valence-corrected chi connectivity index (χ0v) is 7.14. The first-order valence-electron chi connectivity index (χ1n) is 3.94. The summed E-state index contributed by atoms with van der Waals surface area (Å²) in [5.41, 5.74) is 0.953. The Hall–Kier alpha value is -1.32. The second-order valence-electron chi connectivity index (χ2n) is 2.48. The Morgan fingerprint density at radius 1 is 1.33 bits per heavy atom. The van der Waals surface area contributed by atoms with E-state index in [2.05, 4.69) is 5.32 Å². The van der Waals surface area contributed by atoms with Gasteiger partial charge in [0, 0.05) is 0 Å². The zero-order chi connectivity index (χ0) is 9.14. The van der Waals surface area contributed by atoms with E-state index < -0.39 is 11.9 Å². The monoisotopic (exact) mass is 169 g/mol. The minimum Gasteiger partial charge on any atom is -0.402 e. The topological polar surface area (TPSA) is 55.4 Å². The molecule has 1 aliphatic heterocycles. The molecule has 0 radical (unpaired) electrons. The lowest BCUT2D eigenvalue weighted by atomic mass is 10.1. The standard InChI is InChI=1S/C8H11NO3/c1-3-5(4-2)7-9-6(10)8(11)12-7/h3-4H2,1-2H3,(H,9,10). The summed E-state index contributed by atoms with van der Waals surface area (Å²) in [5, 5.41) is 2.37. The smallest absolute Gasteiger partial charge is 0.402 e. The van der Waals surface area contributed by atoms with Crippen molar-refractivity contribution in [2.24, 2.45) is 0 Å². The lowest BCUT2D eigenvalue weighted by Gasteiger charge is -2.02. The van der Waals surface area contributed by atoms with Crippen molar-refractivity contribution >= 4 is 11.9 Å². The molecule has 0 bridgehead atoms. The molecule has 1 N–H and O–H groups in total. The van der Waals surface area contributed by atoms with Crippen LogP contribution in [0.25, 0.3) is 0 Å². The Labute approximate surface area is 70.6 Å². The fourth-order valence-electron chi connectivity index (χ4n) is 1.05. The molecule has 0 saturated carbocycles. The van der Waals surface area contributed by atoms with Crippen LogP contribution in [-0.4, -0.2) is 11.9 Å². The number of cyclic esters (lactones) is 1. The number of ether oxygens (including phenoxy) is 1. The van der Waals surface area contributed by atoms with Gasteiger partial charge in [0.15, 0.2) is 0 Å². The zero-order valence-electron chi connectivity index (χ0n) is 7.14. The molecular weight excluding hydrogens is 158 g/mol. The van der Waals surface area contributed by atoms with Gasteiger partial charge in [0.05, 0.1) is 0 Å². The Bertz CT molecular complexity index is 231. The second kappa shape index (κ2) is 3.38. The maximum Gasteiger partial charge on any atom is 0.403 e. The summed E-state index contributed by atoms with van der Waals surface area (Å²) in [6, 6.07) is 0. The number of amides is 1. The van der Waals surface area contributed by atoms with Crippen LogP contribution in [0.1, 0.15) is 26.7 Å². The average molecular weight is 169 g/mol. The fourth-order valence-corrected chi connectivity index (χ4v) is 1.05. The van der Waals surface area contributed by atoms with E-state index in [1.165, 1.54) is 0 Å². The number of carbonyl (C=O) groups excluding carboxylic acids is 2. The molecule has 1 amide bonds. The van der Waals surface area contributed by atoms with Crippen molar-refractivity contribution in [2.75, 3.05) is 0 Å². The highest BCUT2D eigenvalue weighted by Gasteiger charge is 2.28. The van der Waals surface area contributed by atoms with E-state index in [1.54, 1.807) is 0 Å². The lowest BCUT2D eigenvalue weighted by Crippen LogP contribution is -2.18. The molecule has 1 saturated heterocycles. The Kier molecular flexibility index (Phi) is 2.47. The van der Waals surface area contributed by atoms with Gasteiger partial charge >= 0.3 is 11.9 Å². The number of nitrogens with one attached hydrogen (secondary N) is 1. The van der Waals surface area contributed by atoms with Gasteiger partial charge in [-0.1, -0.05) is 13.8 Å². The minimum absolute atomic E-state index is 0.329. The lowest BCUT2D eigenvalue weighted by molar-refractivity contribution is -0.146. The van der Waals surface area contributed by atoms with Crippen LogP contribution >= 0.6 is 0 Å². The summed E-state index contributed by atoms with van der Waals surface area (Å²) in [6.45, 7) is 3.90. The number of esters is 1.